The summed E-state index contributed by atoms with van der Waals surface area (Å²) in [6.07, 6.45) is 0.507. The van der Waals surface area contributed by atoms with E-state index in [9.17, 15) is 18.0 Å². The van der Waals surface area contributed by atoms with E-state index >= 15 is 0 Å². The SMILES string of the molecule is CNC(=O)[C@@H](C)N(CCc1ccccc1)C(=O)CN(c1ccccc1OC)S(=O)(=O)c1ccc(C)cc1. The van der Waals surface area contributed by atoms with Gasteiger partial charge in [0, 0.05) is 13.6 Å². The number of benzene rings is 3. The molecular weight excluding hydrogens is 490 g/mol. The zero-order chi connectivity index (χ0) is 27.0. The van der Waals surface area contributed by atoms with Crippen LogP contribution in [0.15, 0.2) is 83.8 Å². The minimum Gasteiger partial charge on any atom is -0.495 e. The molecule has 0 bridgehead atoms. The maximum Gasteiger partial charge on any atom is 0.264 e. The van der Waals surface area contributed by atoms with Crippen molar-refractivity contribution >= 4 is 27.5 Å². The molecule has 1 N–H and O–H groups in total. The first-order valence-electron chi connectivity index (χ1n) is 12.0. The molecule has 0 radical (unpaired) electrons. The third-order valence-corrected chi connectivity index (χ3v) is 7.91. The first kappa shape index (κ1) is 27.7. The first-order valence-corrected chi connectivity index (χ1v) is 13.4. The average Bonchev–Trinajstić information content (AvgIpc) is 2.91. The Labute approximate surface area is 218 Å². The molecule has 0 unspecified atom stereocenters. The number of sulfonamides is 1. The normalized spacial score (nSPS) is 11.9. The number of aryl methyl sites for hydroxylation is 1. The van der Waals surface area contributed by atoms with Crippen LogP contribution in [0.5, 0.6) is 5.75 Å². The number of hydrogen-bond acceptors (Lipinski definition) is 5. The number of nitrogens with zero attached hydrogens (tertiary/aromatic N) is 2. The predicted octanol–water partition coefficient (Wildman–Crippen LogP) is 3.40. The second kappa shape index (κ2) is 12.4. The van der Waals surface area contributed by atoms with Crippen molar-refractivity contribution in [2.75, 3.05) is 31.6 Å². The Kier molecular flexibility index (Phi) is 9.30. The van der Waals surface area contributed by atoms with Crippen molar-refractivity contribution in [3.63, 3.8) is 0 Å². The molecule has 3 aromatic rings. The van der Waals surface area contributed by atoms with Crippen LogP contribution < -0.4 is 14.4 Å². The smallest absolute Gasteiger partial charge is 0.264 e. The molecule has 9 heteroatoms. The Balaban J connectivity index is 2.01. The second-order valence-electron chi connectivity index (χ2n) is 8.61. The number of carbonyl (C=O) groups is 2. The lowest BCUT2D eigenvalue weighted by Crippen LogP contribution is -2.51. The van der Waals surface area contributed by atoms with E-state index < -0.39 is 28.5 Å². The maximum absolute atomic E-state index is 13.8. The van der Waals surface area contributed by atoms with E-state index in [4.69, 9.17) is 4.74 Å². The van der Waals surface area contributed by atoms with Gasteiger partial charge in [-0.3, -0.25) is 13.9 Å². The Hall–Kier alpha value is -3.85. The predicted molar refractivity (Wildman–Crippen MR) is 144 cm³/mol. The van der Waals surface area contributed by atoms with Crippen molar-refractivity contribution in [2.24, 2.45) is 0 Å². The van der Waals surface area contributed by atoms with Crippen LogP contribution in [0.4, 0.5) is 5.69 Å². The molecule has 0 aliphatic carbocycles. The van der Waals surface area contributed by atoms with Gasteiger partial charge in [0.25, 0.3) is 10.0 Å². The molecule has 1 atom stereocenters. The Bertz CT molecular complexity index is 1310. The van der Waals surface area contributed by atoms with Crippen LogP contribution in [0.3, 0.4) is 0 Å². The van der Waals surface area contributed by atoms with E-state index in [0.29, 0.717) is 12.2 Å². The van der Waals surface area contributed by atoms with E-state index in [1.165, 1.54) is 31.2 Å². The van der Waals surface area contributed by atoms with Crippen molar-refractivity contribution in [1.29, 1.82) is 0 Å². The summed E-state index contributed by atoms with van der Waals surface area (Å²) in [4.78, 5) is 27.7. The number of nitrogens with one attached hydrogen (secondary N) is 1. The largest absolute Gasteiger partial charge is 0.495 e. The van der Waals surface area contributed by atoms with E-state index in [2.05, 4.69) is 5.32 Å². The Morgan fingerprint density at radius 2 is 1.57 bits per heavy atom. The fraction of sp³-hybridized carbons (Fsp3) is 0.286. The van der Waals surface area contributed by atoms with Crippen molar-refractivity contribution in [1.82, 2.24) is 10.2 Å². The molecule has 0 saturated carbocycles. The van der Waals surface area contributed by atoms with Crippen molar-refractivity contribution in [3.8, 4) is 5.75 Å². The number of ether oxygens (including phenoxy) is 1. The molecule has 0 spiro atoms. The van der Waals surface area contributed by atoms with Crippen LogP contribution in [-0.4, -0.2) is 58.4 Å². The molecule has 0 aliphatic heterocycles. The highest BCUT2D eigenvalue weighted by Crippen LogP contribution is 2.32. The summed E-state index contributed by atoms with van der Waals surface area (Å²) in [6.45, 7) is 3.22. The molecule has 0 saturated heterocycles. The molecule has 196 valence electrons. The van der Waals surface area contributed by atoms with Gasteiger partial charge in [-0.25, -0.2) is 8.42 Å². The van der Waals surface area contributed by atoms with E-state index in [0.717, 1.165) is 15.4 Å². The van der Waals surface area contributed by atoms with Crippen molar-refractivity contribution in [3.05, 3.63) is 90.0 Å². The molecule has 3 aromatic carbocycles. The summed E-state index contributed by atoms with van der Waals surface area (Å²) < 4.78 is 34.1. The molecule has 0 aliphatic rings. The van der Waals surface area contributed by atoms with Gasteiger partial charge < -0.3 is 15.0 Å². The summed E-state index contributed by atoms with van der Waals surface area (Å²) >= 11 is 0. The number of hydrogen-bond donors (Lipinski definition) is 1. The third kappa shape index (κ3) is 6.68. The number of likely N-dealkylation sites (N-methyl/N-ethyl adjacent to an activating group) is 1. The molecule has 0 heterocycles. The van der Waals surface area contributed by atoms with E-state index in [1.54, 1.807) is 43.3 Å². The minimum atomic E-state index is -4.15. The number of amides is 2. The summed E-state index contributed by atoms with van der Waals surface area (Å²) in [7, 11) is -1.20. The quantitative estimate of drug-likeness (QED) is 0.416. The van der Waals surface area contributed by atoms with E-state index in [-0.39, 0.29) is 23.0 Å². The maximum atomic E-state index is 13.8. The summed E-state index contributed by atoms with van der Waals surface area (Å²) in [5.74, 6) is -0.540. The highest BCUT2D eigenvalue weighted by Gasteiger charge is 2.33. The van der Waals surface area contributed by atoms with Gasteiger partial charge in [-0.05, 0) is 50.1 Å². The second-order valence-corrected chi connectivity index (χ2v) is 10.5. The number of carbonyl (C=O) groups excluding carboxylic acids is 2. The van der Waals surface area contributed by atoms with Gasteiger partial charge in [-0.1, -0.05) is 60.2 Å². The molecule has 0 fully saturated rings. The Morgan fingerprint density at radius 3 is 2.19 bits per heavy atom. The number of rotatable bonds is 11. The topological polar surface area (TPSA) is 96.0 Å². The first-order chi connectivity index (χ1) is 17.7. The van der Waals surface area contributed by atoms with Crippen LogP contribution in [0, 0.1) is 6.92 Å². The minimum absolute atomic E-state index is 0.0481. The standard InChI is InChI=1S/C28H33N3O5S/c1-21-14-16-24(17-15-21)37(34,35)31(25-12-8-9-13-26(25)36-4)20-27(32)30(22(2)28(33)29-3)19-18-23-10-6-5-7-11-23/h5-17,22H,18-20H2,1-4H3,(H,29,33)/t22-/m1/s1. The highest BCUT2D eigenvalue weighted by atomic mass is 32.2. The van der Waals surface area contributed by atoms with Gasteiger partial charge in [-0.2, -0.15) is 0 Å². The van der Waals surface area contributed by atoms with E-state index in [1.807, 2.05) is 37.3 Å². The fourth-order valence-corrected chi connectivity index (χ4v) is 5.39. The van der Waals surface area contributed by atoms with Crippen LogP contribution >= 0.6 is 0 Å². The van der Waals surface area contributed by atoms with Gasteiger partial charge in [0.05, 0.1) is 17.7 Å². The lowest BCUT2D eigenvalue weighted by Gasteiger charge is -2.32. The van der Waals surface area contributed by atoms with Gasteiger partial charge in [0.1, 0.15) is 18.3 Å². The van der Waals surface area contributed by atoms with Gasteiger partial charge in [-0.15, -0.1) is 0 Å². The molecule has 3 rings (SSSR count). The summed E-state index contributed by atoms with van der Waals surface area (Å²) in [5.41, 5.74) is 2.14. The monoisotopic (exact) mass is 523 g/mol. The van der Waals surface area contributed by atoms with Gasteiger partial charge >= 0.3 is 0 Å². The van der Waals surface area contributed by atoms with Crippen LogP contribution in [0.2, 0.25) is 0 Å². The van der Waals surface area contributed by atoms with Crippen molar-refractivity contribution in [2.45, 2.75) is 31.2 Å². The average molecular weight is 524 g/mol. The molecular formula is C28H33N3O5S. The highest BCUT2D eigenvalue weighted by molar-refractivity contribution is 7.92. The zero-order valence-electron chi connectivity index (χ0n) is 21.5. The lowest BCUT2D eigenvalue weighted by atomic mass is 10.1. The number of methoxy groups -OCH3 is 1. The van der Waals surface area contributed by atoms with Crippen LogP contribution in [0.1, 0.15) is 18.1 Å². The van der Waals surface area contributed by atoms with Gasteiger partial charge in [0.15, 0.2) is 0 Å². The van der Waals surface area contributed by atoms with Gasteiger partial charge in [0.2, 0.25) is 11.8 Å². The molecule has 2 amide bonds. The molecule has 0 aromatic heterocycles. The molecule has 8 nitrogen and oxygen atoms in total. The number of para-hydroxylation sites is 2. The van der Waals surface area contributed by atoms with Crippen LogP contribution in [0.25, 0.3) is 0 Å². The van der Waals surface area contributed by atoms with Crippen molar-refractivity contribution < 1.29 is 22.7 Å². The summed E-state index contributed by atoms with van der Waals surface area (Å²) in [6, 6.07) is 21.9. The number of anilines is 1. The third-order valence-electron chi connectivity index (χ3n) is 6.14. The zero-order valence-corrected chi connectivity index (χ0v) is 22.4. The lowest BCUT2D eigenvalue weighted by molar-refractivity contribution is -0.138. The fourth-order valence-electron chi connectivity index (χ4n) is 3.97. The Morgan fingerprint density at radius 1 is 0.946 bits per heavy atom. The van der Waals surface area contributed by atoms with Crippen LogP contribution in [-0.2, 0) is 26.0 Å². The molecule has 37 heavy (non-hydrogen) atoms. The summed E-state index contributed by atoms with van der Waals surface area (Å²) in [5, 5.41) is 2.58.